The normalized spacial score (nSPS) is 12.2. The van der Waals surface area contributed by atoms with Crippen molar-refractivity contribution in [2.75, 3.05) is 10.6 Å². The number of carbonyl (C=O) groups is 2. The van der Waals surface area contributed by atoms with Crippen LogP contribution in [0.4, 0.5) is 33.3 Å². The molecule has 2 N–H and O–H groups in total. The third-order valence-electron chi connectivity index (χ3n) is 4.65. The van der Waals surface area contributed by atoms with Gasteiger partial charge in [0.15, 0.2) is 0 Å². The Balaban J connectivity index is 1.80. The molecule has 0 fully saturated rings. The van der Waals surface area contributed by atoms with Gasteiger partial charge >= 0.3 is 6.18 Å². The standard InChI is InChI=1S/C23H15Cl2F5N2O2/c24-13-7-12(8-14(25)10-13)9-19(23(28,29)30)22(34)32-17-5-6-20(27)18(11-17)21(33)31-16-3-1-15(26)2-4-16/h1-8,10-11,19H,9H2,(H,31,33)(H,32,34). The highest BCUT2D eigenvalue weighted by molar-refractivity contribution is 6.34. The summed E-state index contributed by atoms with van der Waals surface area (Å²) in [5.74, 6) is -6.35. The lowest BCUT2D eigenvalue weighted by Crippen LogP contribution is -2.36. The topological polar surface area (TPSA) is 58.2 Å². The maximum Gasteiger partial charge on any atom is 0.400 e. The Morgan fingerprint density at radius 2 is 1.41 bits per heavy atom. The molecule has 0 radical (unpaired) electrons. The molecular weight excluding hydrogens is 502 g/mol. The van der Waals surface area contributed by atoms with Crippen molar-refractivity contribution in [2.24, 2.45) is 5.92 Å². The first-order chi connectivity index (χ1) is 15.9. The molecule has 0 aromatic heterocycles. The van der Waals surface area contributed by atoms with Gasteiger partial charge < -0.3 is 10.6 Å². The molecule has 0 saturated heterocycles. The summed E-state index contributed by atoms with van der Waals surface area (Å²) in [6.07, 6.45) is -5.66. The van der Waals surface area contributed by atoms with Gasteiger partial charge in [-0.05, 0) is 72.6 Å². The molecule has 34 heavy (non-hydrogen) atoms. The third kappa shape index (κ3) is 6.68. The number of nitrogens with one attached hydrogen (secondary N) is 2. The SMILES string of the molecule is O=C(Nc1ccc(F)cc1)c1cc(NC(=O)C(Cc2cc(Cl)cc(Cl)c2)C(F)(F)F)ccc1F. The molecule has 2 amide bonds. The van der Waals surface area contributed by atoms with Gasteiger partial charge in [0.05, 0.1) is 5.56 Å². The van der Waals surface area contributed by atoms with E-state index in [0.29, 0.717) is 0 Å². The first-order valence-corrected chi connectivity index (χ1v) is 10.4. The summed E-state index contributed by atoms with van der Waals surface area (Å²) in [4.78, 5) is 24.9. The van der Waals surface area contributed by atoms with Gasteiger partial charge in [-0.1, -0.05) is 23.2 Å². The lowest BCUT2D eigenvalue weighted by molar-refractivity contribution is -0.179. The van der Waals surface area contributed by atoms with E-state index in [1.807, 2.05) is 0 Å². The van der Waals surface area contributed by atoms with Gasteiger partial charge in [0.1, 0.15) is 17.6 Å². The highest BCUT2D eigenvalue weighted by Crippen LogP contribution is 2.32. The molecule has 0 aliphatic heterocycles. The van der Waals surface area contributed by atoms with E-state index in [4.69, 9.17) is 23.2 Å². The maximum atomic E-state index is 14.2. The predicted molar refractivity (Wildman–Crippen MR) is 119 cm³/mol. The first kappa shape index (κ1) is 25.5. The van der Waals surface area contributed by atoms with Crippen LogP contribution in [0.1, 0.15) is 15.9 Å². The van der Waals surface area contributed by atoms with E-state index in [0.717, 1.165) is 30.3 Å². The van der Waals surface area contributed by atoms with Gasteiger partial charge in [0.25, 0.3) is 5.91 Å². The minimum atomic E-state index is -4.91. The van der Waals surface area contributed by atoms with E-state index < -0.39 is 47.5 Å². The summed E-state index contributed by atoms with van der Waals surface area (Å²) < 4.78 is 68.1. The van der Waals surface area contributed by atoms with Gasteiger partial charge in [-0.15, -0.1) is 0 Å². The molecule has 0 heterocycles. The zero-order valence-corrected chi connectivity index (χ0v) is 18.5. The van der Waals surface area contributed by atoms with E-state index in [9.17, 15) is 31.5 Å². The fourth-order valence-electron chi connectivity index (χ4n) is 3.06. The van der Waals surface area contributed by atoms with Crippen LogP contribution in [0.3, 0.4) is 0 Å². The van der Waals surface area contributed by atoms with Crippen LogP contribution in [0, 0.1) is 17.6 Å². The Morgan fingerprint density at radius 3 is 2.00 bits per heavy atom. The molecule has 4 nitrogen and oxygen atoms in total. The number of benzene rings is 3. The van der Waals surface area contributed by atoms with E-state index in [1.165, 1.54) is 30.3 Å². The summed E-state index contributed by atoms with van der Waals surface area (Å²) in [5, 5.41) is 4.63. The number of halogens is 7. The zero-order chi connectivity index (χ0) is 25.0. The van der Waals surface area contributed by atoms with E-state index in [1.54, 1.807) is 0 Å². The summed E-state index contributed by atoms with van der Waals surface area (Å²) in [6.45, 7) is 0. The largest absolute Gasteiger partial charge is 0.400 e. The number of rotatable bonds is 6. The molecule has 178 valence electrons. The minimum absolute atomic E-state index is 0.0912. The number of hydrogen-bond donors (Lipinski definition) is 2. The molecule has 0 spiro atoms. The second-order valence-corrected chi connectivity index (χ2v) is 8.09. The van der Waals surface area contributed by atoms with Crippen LogP contribution in [-0.4, -0.2) is 18.0 Å². The van der Waals surface area contributed by atoms with E-state index in [2.05, 4.69) is 10.6 Å². The second kappa shape index (κ2) is 10.4. The van der Waals surface area contributed by atoms with Gasteiger partial charge in [0, 0.05) is 21.4 Å². The molecular formula is C23H15Cl2F5N2O2. The maximum absolute atomic E-state index is 14.2. The van der Waals surface area contributed by atoms with Crippen molar-refractivity contribution in [1.29, 1.82) is 0 Å². The van der Waals surface area contributed by atoms with Crippen LogP contribution in [0.25, 0.3) is 0 Å². The molecule has 0 bridgehead atoms. The van der Waals surface area contributed by atoms with Crippen molar-refractivity contribution >= 4 is 46.4 Å². The van der Waals surface area contributed by atoms with Gasteiger partial charge in [-0.3, -0.25) is 9.59 Å². The lowest BCUT2D eigenvalue weighted by atomic mass is 9.97. The Hall–Kier alpha value is -3.17. The lowest BCUT2D eigenvalue weighted by Gasteiger charge is -2.20. The molecule has 3 aromatic rings. The van der Waals surface area contributed by atoms with Gasteiger partial charge in [0.2, 0.25) is 5.91 Å². The number of anilines is 2. The van der Waals surface area contributed by atoms with Crippen molar-refractivity contribution in [3.05, 3.63) is 93.5 Å². The molecule has 0 aliphatic rings. The number of carbonyl (C=O) groups excluding carboxylic acids is 2. The smallest absolute Gasteiger partial charge is 0.326 e. The van der Waals surface area contributed by atoms with Gasteiger partial charge in [-0.25, -0.2) is 8.78 Å². The molecule has 1 atom stereocenters. The van der Waals surface area contributed by atoms with Crippen LogP contribution >= 0.6 is 23.2 Å². The summed E-state index contributed by atoms with van der Waals surface area (Å²) in [7, 11) is 0. The average Bonchev–Trinajstić information content (AvgIpc) is 2.73. The quantitative estimate of drug-likeness (QED) is 0.350. The van der Waals surface area contributed by atoms with Crippen LogP contribution < -0.4 is 10.6 Å². The Morgan fingerprint density at radius 1 is 0.824 bits per heavy atom. The number of amides is 2. The third-order valence-corrected chi connectivity index (χ3v) is 5.09. The monoisotopic (exact) mass is 516 g/mol. The number of alkyl halides is 3. The van der Waals surface area contributed by atoms with Crippen molar-refractivity contribution in [2.45, 2.75) is 12.6 Å². The van der Waals surface area contributed by atoms with Gasteiger partial charge in [-0.2, -0.15) is 13.2 Å². The molecule has 3 rings (SSSR count). The predicted octanol–water partition coefficient (Wildman–Crippen LogP) is 6.88. The van der Waals surface area contributed by atoms with Crippen molar-refractivity contribution in [3.8, 4) is 0 Å². The first-order valence-electron chi connectivity index (χ1n) is 9.61. The zero-order valence-electron chi connectivity index (χ0n) is 17.0. The highest BCUT2D eigenvalue weighted by atomic mass is 35.5. The van der Waals surface area contributed by atoms with E-state index in [-0.39, 0.29) is 27.0 Å². The van der Waals surface area contributed by atoms with Crippen molar-refractivity contribution < 1.29 is 31.5 Å². The van der Waals surface area contributed by atoms with Crippen LogP contribution in [0.15, 0.2) is 60.7 Å². The fourth-order valence-corrected chi connectivity index (χ4v) is 3.63. The summed E-state index contributed by atoms with van der Waals surface area (Å²) in [6, 6.07) is 11.2. The van der Waals surface area contributed by atoms with Crippen LogP contribution in [-0.2, 0) is 11.2 Å². The fraction of sp³-hybridized carbons (Fsp3) is 0.130. The molecule has 0 saturated carbocycles. The highest BCUT2D eigenvalue weighted by Gasteiger charge is 2.44. The average molecular weight is 517 g/mol. The summed E-state index contributed by atoms with van der Waals surface area (Å²) >= 11 is 11.7. The van der Waals surface area contributed by atoms with Crippen molar-refractivity contribution in [3.63, 3.8) is 0 Å². The molecule has 11 heteroatoms. The molecule has 0 aliphatic carbocycles. The van der Waals surface area contributed by atoms with Crippen molar-refractivity contribution in [1.82, 2.24) is 0 Å². The number of hydrogen-bond acceptors (Lipinski definition) is 2. The Kier molecular flexibility index (Phi) is 7.78. The Labute approximate surface area is 200 Å². The Bertz CT molecular complexity index is 1200. The van der Waals surface area contributed by atoms with Crippen LogP contribution in [0.2, 0.25) is 10.0 Å². The molecule has 3 aromatic carbocycles. The molecule has 1 unspecified atom stereocenters. The minimum Gasteiger partial charge on any atom is -0.326 e. The second-order valence-electron chi connectivity index (χ2n) is 7.22. The summed E-state index contributed by atoms with van der Waals surface area (Å²) in [5.41, 5.74) is -0.507. The van der Waals surface area contributed by atoms with Crippen LogP contribution in [0.5, 0.6) is 0 Å². The van der Waals surface area contributed by atoms with E-state index >= 15 is 0 Å².